The van der Waals surface area contributed by atoms with Crippen molar-refractivity contribution in [3.8, 4) is 6.07 Å². The Hall–Kier alpha value is -1.60. The maximum Gasteiger partial charge on any atom is 0.185 e. The molecule has 1 aromatic heterocycles. The Morgan fingerprint density at radius 3 is 3.00 bits per heavy atom. The lowest BCUT2D eigenvalue weighted by molar-refractivity contribution is -0.109. The number of nitrogens with zero attached hydrogens (tertiary/aromatic N) is 2. The third-order valence-corrected chi connectivity index (χ3v) is 2.65. The Balaban J connectivity index is 2.38. The summed E-state index contributed by atoms with van der Waals surface area (Å²) in [4.78, 5) is 14.6. The first-order valence-corrected chi connectivity index (χ1v) is 5.87. The number of hydrogen-bond donors (Lipinski definition) is 0. The summed E-state index contributed by atoms with van der Waals surface area (Å²) in [6, 6.07) is 5.50. The second-order valence-electron chi connectivity index (χ2n) is 3.12. The summed E-state index contributed by atoms with van der Waals surface area (Å²) in [6.45, 7) is 1.57. The molecule has 1 rings (SSSR count). The molecule has 82 valence electrons. The molecule has 0 saturated heterocycles. The number of aromatic nitrogens is 1. The lowest BCUT2D eigenvalue weighted by Gasteiger charge is -1.93. The van der Waals surface area contributed by atoms with E-state index >= 15 is 0 Å². The van der Waals surface area contributed by atoms with Crippen molar-refractivity contribution in [2.75, 3.05) is 5.75 Å². The maximum absolute atomic E-state index is 10.6. The Bertz CT molecular complexity index is 418. The molecule has 16 heavy (non-hydrogen) atoms. The van der Waals surface area contributed by atoms with Gasteiger partial charge < -0.3 is 0 Å². The number of allylic oxidation sites excluding steroid dienone is 1. The minimum absolute atomic E-state index is 0.147. The molecule has 0 aliphatic rings. The quantitative estimate of drug-likeness (QED) is 0.749. The molecule has 0 saturated carbocycles. The van der Waals surface area contributed by atoms with E-state index in [1.165, 1.54) is 11.8 Å². The van der Waals surface area contributed by atoms with Gasteiger partial charge >= 0.3 is 0 Å². The van der Waals surface area contributed by atoms with Crippen molar-refractivity contribution in [1.29, 1.82) is 5.26 Å². The molecule has 4 heteroatoms. The number of carbonyl (C=O) groups is 1. The number of hydrogen-bond acceptors (Lipinski definition) is 4. The van der Waals surface area contributed by atoms with Crippen LogP contribution in [0.3, 0.4) is 0 Å². The normalized spacial score (nSPS) is 10.2. The van der Waals surface area contributed by atoms with Gasteiger partial charge in [0.15, 0.2) is 5.12 Å². The summed E-state index contributed by atoms with van der Waals surface area (Å²) < 4.78 is 0. The zero-order valence-electron chi connectivity index (χ0n) is 9.01. The minimum Gasteiger partial charge on any atom is -0.288 e. The van der Waals surface area contributed by atoms with E-state index in [9.17, 15) is 4.79 Å². The van der Waals surface area contributed by atoms with Gasteiger partial charge in [0.05, 0.1) is 0 Å². The summed E-state index contributed by atoms with van der Waals surface area (Å²) in [5.41, 5.74) is 1.39. The summed E-state index contributed by atoms with van der Waals surface area (Å²) >= 11 is 1.32. The molecular weight excluding hydrogens is 220 g/mol. The number of nitriles is 1. The minimum atomic E-state index is 0.147. The highest BCUT2D eigenvalue weighted by molar-refractivity contribution is 8.13. The molecule has 0 aromatic carbocycles. The molecular formula is C12H12N2OS. The van der Waals surface area contributed by atoms with E-state index in [4.69, 9.17) is 5.26 Å². The largest absolute Gasteiger partial charge is 0.288 e. The molecule has 0 bridgehead atoms. The fourth-order valence-electron chi connectivity index (χ4n) is 1.06. The van der Waals surface area contributed by atoms with Gasteiger partial charge in [0.2, 0.25) is 0 Å². The van der Waals surface area contributed by atoms with Crippen LogP contribution in [0.25, 0.3) is 6.08 Å². The van der Waals surface area contributed by atoms with Gasteiger partial charge in [0.25, 0.3) is 0 Å². The van der Waals surface area contributed by atoms with Gasteiger partial charge in [-0.1, -0.05) is 30.0 Å². The predicted octanol–water partition coefficient (Wildman–Crippen LogP) is 2.64. The van der Waals surface area contributed by atoms with E-state index in [0.717, 1.165) is 17.7 Å². The summed E-state index contributed by atoms with van der Waals surface area (Å²) in [5.74, 6) is 0.801. The van der Waals surface area contributed by atoms with Crippen LogP contribution in [0.15, 0.2) is 24.4 Å². The fraction of sp³-hybridized carbons (Fsp3) is 0.250. The van der Waals surface area contributed by atoms with Crippen LogP contribution < -0.4 is 0 Å². The third kappa shape index (κ3) is 4.76. The lowest BCUT2D eigenvalue weighted by Crippen LogP contribution is -1.84. The first kappa shape index (κ1) is 12.5. The van der Waals surface area contributed by atoms with Crippen molar-refractivity contribution >= 4 is 23.0 Å². The summed E-state index contributed by atoms with van der Waals surface area (Å²) in [6.07, 6.45) is 6.45. The third-order valence-electron chi connectivity index (χ3n) is 1.80. The van der Waals surface area contributed by atoms with Crippen LogP contribution in [-0.2, 0) is 4.79 Å². The van der Waals surface area contributed by atoms with Gasteiger partial charge in [-0.25, -0.2) is 4.98 Å². The molecule has 0 aliphatic carbocycles. The van der Waals surface area contributed by atoms with Crippen LogP contribution in [-0.4, -0.2) is 15.9 Å². The van der Waals surface area contributed by atoms with Gasteiger partial charge in [0, 0.05) is 18.9 Å². The first-order valence-electron chi connectivity index (χ1n) is 4.88. The number of rotatable bonds is 4. The Morgan fingerprint density at radius 2 is 2.44 bits per heavy atom. The monoisotopic (exact) mass is 232 g/mol. The second kappa shape index (κ2) is 6.81. The molecule has 0 unspecified atom stereocenters. The average Bonchev–Trinajstić information content (AvgIpc) is 2.29. The van der Waals surface area contributed by atoms with Crippen molar-refractivity contribution in [3.63, 3.8) is 0 Å². The molecule has 3 nitrogen and oxygen atoms in total. The SMILES string of the molecule is CC(=O)SCCC=Cc1ccc(C#N)nc1. The van der Waals surface area contributed by atoms with Crippen LogP contribution in [0.1, 0.15) is 24.6 Å². The van der Waals surface area contributed by atoms with Crippen molar-refractivity contribution in [3.05, 3.63) is 35.7 Å². The zero-order valence-corrected chi connectivity index (χ0v) is 9.83. The van der Waals surface area contributed by atoms with Crippen LogP contribution >= 0.6 is 11.8 Å². The van der Waals surface area contributed by atoms with E-state index in [1.807, 2.05) is 24.3 Å². The van der Waals surface area contributed by atoms with Gasteiger partial charge in [-0.3, -0.25) is 4.79 Å². The topological polar surface area (TPSA) is 53.8 Å². The highest BCUT2D eigenvalue weighted by Crippen LogP contribution is 2.06. The molecule has 0 aliphatic heterocycles. The maximum atomic E-state index is 10.6. The van der Waals surface area contributed by atoms with Gasteiger partial charge in [-0.2, -0.15) is 5.26 Å². The average molecular weight is 232 g/mol. The Morgan fingerprint density at radius 1 is 1.62 bits per heavy atom. The van der Waals surface area contributed by atoms with Crippen LogP contribution in [0.2, 0.25) is 0 Å². The molecule has 1 heterocycles. The van der Waals surface area contributed by atoms with Crippen molar-refractivity contribution in [2.45, 2.75) is 13.3 Å². The first-order chi connectivity index (χ1) is 7.72. The van der Waals surface area contributed by atoms with Gasteiger partial charge in [-0.15, -0.1) is 0 Å². The molecule has 0 amide bonds. The van der Waals surface area contributed by atoms with E-state index in [1.54, 1.807) is 19.2 Å². The van der Waals surface area contributed by atoms with Gasteiger partial charge in [-0.05, 0) is 18.1 Å². The highest BCUT2D eigenvalue weighted by atomic mass is 32.2. The lowest BCUT2D eigenvalue weighted by atomic mass is 10.2. The van der Waals surface area contributed by atoms with Crippen molar-refractivity contribution in [1.82, 2.24) is 4.98 Å². The molecule has 1 aromatic rings. The predicted molar refractivity (Wildman–Crippen MR) is 65.7 cm³/mol. The smallest absolute Gasteiger partial charge is 0.185 e. The summed E-state index contributed by atoms with van der Waals surface area (Å²) in [7, 11) is 0. The van der Waals surface area contributed by atoms with E-state index in [-0.39, 0.29) is 5.12 Å². The van der Waals surface area contributed by atoms with Crippen LogP contribution in [0.4, 0.5) is 0 Å². The standard InChI is InChI=1S/C12H12N2OS/c1-10(15)16-7-3-2-4-11-5-6-12(8-13)14-9-11/h2,4-6,9H,3,7H2,1H3. The van der Waals surface area contributed by atoms with Crippen molar-refractivity contribution in [2.24, 2.45) is 0 Å². The molecule has 0 N–H and O–H groups in total. The van der Waals surface area contributed by atoms with Crippen molar-refractivity contribution < 1.29 is 4.79 Å². The number of carbonyl (C=O) groups excluding carboxylic acids is 1. The Labute approximate surface area is 99.2 Å². The fourth-order valence-corrected chi connectivity index (χ4v) is 1.60. The molecule has 0 spiro atoms. The number of pyridine rings is 1. The van der Waals surface area contributed by atoms with E-state index < -0.39 is 0 Å². The van der Waals surface area contributed by atoms with Crippen LogP contribution in [0, 0.1) is 11.3 Å². The molecule has 0 fully saturated rings. The zero-order chi connectivity index (χ0) is 11.8. The van der Waals surface area contributed by atoms with Gasteiger partial charge in [0.1, 0.15) is 11.8 Å². The van der Waals surface area contributed by atoms with E-state index in [2.05, 4.69) is 4.98 Å². The molecule has 0 atom stereocenters. The Kier molecular flexibility index (Phi) is 5.30. The molecule has 0 radical (unpaired) electrons. The number of thioether (sulfide) groups is 1. The second-order valence-corrected chi connectivity index (χ2v) is 4.39. The highest BCUT2D eigenvalue weighted by Gasteiger charge is 1.92. The van der Waals surface area contributed by atoms with Crippen LogP contribution in [0.5, 0.6) is 0 Å². The van der Waals surface area contributed by atoms with E-state index in [0.29, 0.717) is 5.69 Å². The summed E-state index contributed by atoms with van der Waals surface area (Å²) in [5, 5.41) is 8.71.